The van der Waals surface area contributed by atoms with Gasteiger partial charge in [-0.3, -0.25) is 9.59 Å². The number of esters is 1. The van der Waals surface area contributed by atoms with Gasteiger partial charge in [-0.2, -0.15) is 0 Å². The summed E-state index contributed by atoms with van der Waals surface area (Å²) in [5, 5.41) is 2.51. The van der Waals surface area contributed by atoms with Crippen molar-refractivity contribution in [3.05, 3.63) is 11.5 Å². The molecule has 0 bridgehead atoms. The van der Waals surface area contributed by atoms with E-state index in [9.17, 15) is 9.59 Å². The zero-order valence-electron chi connectivity index (χ0n) is 7.72. The summed E-state index contributed by atoms with van der Waals surface area (Å²) in [6, 6.07) is 0. The molecule has 1 N–H and O–H groups in total. The van der Waals surface area contributed by atoms with Crippen molar-refractivity contribution in [2.75, 3.05) is 0 Å². The van der Waals surface area contributed by atoms with Gasteiger partial charge in [0.05, 0.1) is 5.70 Å². The lowest BCUT2D eigenvalue weighted by atomic mass is 10.4. The van der Waals surface area contributed by atoms with Crippen LogP contribution in [0.3, 0.4) is 0 Å². The highest BCUT2D eigenvalue weighted by molar-refractivity contribution is 5.75. The first-order chi connectivity index (χ1) is 5.43. The van der Waals surface area contributed by atoms with Gasteiger partial charge in [0.25, 0.3) is 0 Å². The second-order valence-corrected chi connectivity index (χ2v) is 2.46. The van der Waals surface area contributed by atoms with Crippen LogP contribution in [0.4, 0.5) is 0 Å². The highest BCUT2D eigenvalue weighted by Gasteiger charge is 2.01. The van der Waals surface area contributed by atoms with Crippen LogP contribution < -0.4 is 5.32 Å². The highest BCUT2D eigenvalue weighted by Crippen LogP contribution is 2.01. The van der Waals surface area contributed by atoms with Gasteiger partial charge in [0.1, 0.15) is 5.76 Å². The van der Waals surface area contributed by atoms with Crippen LogP contribution in [0, 0.1) is 0 Å². The van der Waals surface area contributed by atoms with Crippen LogP contribution in [0.25, 0.3) is 0 Å². The molecule has 0 aromatic heterocycles. The van der Waals surface area contributed by atoms with Gasteiger partial charge in [0.2, 0.25) is 5.91 Å². The molecule has 0 aromatic carbocycles. The summed E-state index contributed by atoms with van der Waals surface area (Å²) in [5.74, 6) is -0.158. The molecule has 0 rings (SSSR count). The molecule has 0 unspecified atom stereocenters. The molecule has 0 saturated carbocycles. The number of amides is 1. The second-order valence-electron chi connectivity index (χ2n) is 2.46. The SMILES string of the molecule is CC(=O)N/C(C)=C(\C)OC(C)=O. The number of allylic oxidation sites excluding steroid dienone is 2. The maximum absolute atomic E-state index is 10.6. The Bertz CT molecular complexity index is 206. The lowest BCUT2D eigenvalue weighted by molar-refractivity contribution is -0.137. The van der Waals surface area contributed by atoms with E-state index in [1.165, 1.54) is 13.8 Å². The Hall–Kier alpha value is -1.32. The van der Waals surface area contributed by atoms with Gasteiger partial charge < -0.3 is 10.1 Å². The van der Waals surface area contributed by atoms with Crippen molar-refractivity contribution in [1.29, 1.82) is 0 Å². The number of nitrogens with one attached hydrogen (secondary N) is 1. The first-order valence-corrected chi connectivity index (χ1v) is 3.57. The average Bonchev–Trinajstić information content (AvgIpc) is 1.84. The van der Waals surface area contributed by atoms with E-state index in [-0.39, 0.29) is 5.91 Å². The fourth-order valence-electron chi connectivity index (χ4n) is 0.644. The summed E-state index contributed by atoms with van der Waals surface area (Å²) in [6.45, 7) is 5.99. The molecule has 0 saturated heterocycles. The van der Waals surface area contributed by atoms with Crippen LogP contribution in [0.1, 0.15) is 27.7 Å². The van der Waals surface area contributed by atoms with Gasteiger partial charge in [-0.1, -0.05) is 0 Å². The number of carbonyl (C=O) groups is 2. The fraction of sp³-hybridized carbons (Fsp3) is 0.500. The smallest absolute Gasteiger partial charge is 0.307 e. The molecule has 4 heteroatoms. The third kappa shape index (κ3) is 4.49. The molecule has 0 aromatic rings. The van der Waals surface area contributed by atoms with E-state index in [0.717, 1.165) is 0 Å². The van der Waals surface area contributed by atoms with E-state index < -0.39 is 5.97 Å². The van der Waals surface area contributed by atoms with Crippen LogP contribution in [0.15, 0.2) is 11.5 Å². The minimum Gasteiger partial charge on any atom is -0.430 e. The van der Waals surface area contributed by atoms with E-state index in [1.54, 1.807) is 13.8 Å². The Kier molecular flexibility index (Phi) is 4.04. The van der Waals surface area contributed by atoms with Crippen molar-refractivity contribution >= 4 is 11.9 Å². The third-order valence-corrected chi connectivity index (χ3v) is 1.19. The van der Waals surface area contributed by atoms with E-state index in [2.05, 4.69) is 5.32 Å². The Morgan fingerprint density at radius 1 is 1.08 bits per heavy atom. The number of rotatable bonds is 2. The number of hydrogen-bond donors (Lipinski definition) is 1. The summed E-state index contributed by atoms with van der Waals surface area (Å²) >= 11 is 0. The van der Waals surface area contributed by atoms with Gasteiger partial charge in [0, 0.05) is 13.8 Å². The molecule has 1 amide bonds. The maximum atomic E-state index is 10.6. The Morgan fingerprint density at radius 3 is 1.92 bits per heavy atom. The van der Waals surface area contributed by atoms with Crippen LogP contribution in [-0.2, 0) is 14.3 Å². The van der Waals surface area contributed by atoms with E-state index >= 15 is 0 Å². The topological polar surface area (TPSA) is 55.4 Å². The number of hydrogen-bond acceptors (Lipinski definition) is 3. The number of carbonyl (C=O) groups excluding carboxylic acids is 2. The standard InChI is InChI=1S/C8H13NO3/c1-5(9-7(3)10)6(2)12-8(4)11/h1-4H3,(H,9,10)/b6-5+. The third-order valence-electron chi connectivity index (χ3n) is 1.19. The normalized spacial score (nSPS) is 11.7. The Morgan fingerprint density at radius 2 is 1.58 bits per heavy atom. The van der Waals surface area contributed by atoms with Crippen molar-refractivity contribution in [2.45, 2.75) is 27.7 Å². The molecule has 12 heavy (non-hydrogen) atoms. The Balaban J connectivity index is 4.25. The molecule has 0 atom stereocenters. The molecule has 0 spiro atoms. The minimum atomic E-state index is -0.391. The average molecular weight is 171 g/mol. The van der Waals surface area contributed by atoms with Crippen LogP contribution in [0.5, 0.6) is 0 Å². The molecule has 0 aliphatic heterocycles. The predicted octanol–water partition coefficient (Wildman–Crippen LogP) is 0.937. The van der Waals surface area contributed by atoms with E-state index in [1.807, 2.05) is 0 Å². The molecule has 4 nitrogen and oxygen atoms in total. The largest absolute Gasteiger partial charge is 0.430 e. The van der Waals surface area contributed by atoms with Crippen LogP contribution >= 0.6 is 0 Å². The molecular formula is C8H13NO3. The number of ether oxygens (including phenoxy) is 1. The van der Waals surface area contributed by atoms with Crippen molar-refractivity contribution in [3.63, 3.8) is 0 Å². The summed E-state index contributed by atoms with van der Waals surface area (Å²) < 4.78 is 4.74. The highest BCUT2D eigenvalue weighted by atomic mass is 16.5. The molecule has 0 fully saturated rings. The molecular weight excluding hydrogens is 158 g/mol. The summed E-state index contributed by atoms with van der Waals surface area (Å²) in [7, 11) is 0. The molecule has 0 aliphatic rings. The van der Waals surface area contributed by atoms with Crippen LogP contribution in [-0.4, -0.2) is 11.9 Å². The van der Waals surface area contributed by atoms with Gasteiger partial charge in [-0.25, -0.2) is 0 Å². The fourth-order valence-corrected chi connectivity index (χ4v) is 0.644. The lowest BCUT2D eigenvalue weighted by Crippen LogP contribution is -2.19. The molecule has 0 radical (unpaired) electrons. The van der Waals surface area contributed by atoms with E-state index in [0.29, 0.717) is 11.5 Å². The van der Waals surface area contributed by atoms with Crippen molar-refractivity contribution in [1.82, 2.24) is 5.32 Å². The predicted molar refractivity (Wildman–Crippen MR) is 44.0 cm³/mol. The van der Waals surface area contributed by atoms with Gasteiger partial charge in [-0.15, -0.1) is 0 Å². The quantitative estimate of drug-likeness (QED) is 0.497. The Labute approximate surface area is 71.6 Å². The maximum Gasteiger partial charge on any atom is 0.307 e. The van der Waals surface area contributed by atoms with Crippen molar-refractivity contribution < 1.29 is 14.3 Å². The summed E-state index contributed by atoms with van der Waals surface area (Å²) in [4.78, 5) is 21.0. The second kappa shape index (κ2) is 4.54. The van der Waals surface area contributed by atoms with Gasteiger partial charge >= 0.3 is 5.97 Å². The summed E-state index contributed by atoms with van der Waals surface area (Å²) in [6.07, 6.45) is 0. The molecule has 0 aliphatic carbocycles. The lowest BCUT2D eigenvalue weighted by Gasteiger charge is -2.06. The first kappa shape index (κ1) is 10.7. The van der Waals surface area contributed by atoms with Gasteiger partial charge in [-0.05, 0) is 13.8 Å². The van der Waals surface area contributed by atoms with E-state index in [4.69, 9.17) is 4.74 Å². The molecule has 0 heterocycles. The van der Waals surface area contributed by atoms with Gasteiger partial charge in [0.15, 0.2) is 0 Å². The minimum absolute atomic E-state index is 0.181. The summed E-state index contributed by atoms with van der Waals surface area (Å²) in [5.41, 5.74) is 0.553. The van der Waals surface area contributed by atoms with Crippen molar-refractivity contribution in [2.24, 2.45) is 0 Å². The monoisotopic (exact) mass is 171 g/mol. The molecule has 68 valence electrons. The van der Waals surface area contributed by atoms with Crippen LogP contribution in [0.2, 0.25) is 0 Å². The zero-order chi connectivity index (χ0) is 9.72. The first-order valence-electron chi connectivity index (χ1n) is 3.57. The van der Waals surface area contributed by atoms with Crippen molar-refractivity contribution in [3.8, 4) is 0 Å². The zero-order valence-corrected chi connectivity index (χ0v) is 7.72.